The zero-order valence-electron chi connectivity index (χ0n) is 12.6. The number of fused-ring (bicyclic) bond motifs is 1. The molecule has 1 fully saturated rings. The van der Waals surface area contributed by atoms with E-state index in [0.717, 1.165) is 36.8 Å². The lowest BCUT2D eigenvalue weighted by atomic mass is 9.97. The van der Waals surface area contributed by atoms with Crippen LogP contribution in [0.5, 0.6) is 0 Å². The second-order valence-electron chi connectivity index (χ2n) is 5.84. The Morgan fingerprint density at radius 3 is 3.05 bits per heavy atom. The van der Waals surface area contributed by atoms with E-state index in [1.54, 1.807) is 10.9 Å². The zero-order valence-corrected chi connectivity index (χ0v) is 12.6. The van der Waals surface area contributed by atoms with Crippen molar-refractivity contribution in [3.63, 3.8) is 0 Å². The number of H-pyrrole nitrogens is 1. The Morgan fingerprint density at radius 1 is 1.45 bits per heavy atom. The molecule has 1 aliphatic heterocycles. The van der Waals surface area contributed by atoms with Gasteiger partial charge in [0.2, 0.25) is 0 Å². The summed E-state index contributed by atoms with van der Waals surface area (Å²) in [6.07, 6.45) is 4.81. The van der Waals surface area contributed by atoms with E-state index in [9.17, 15) is 14.7 Å². The molecule has 3 rings (SSSR count). The van der Waals surface area contributed by atoms with Crippen LogP contribution in [0.25, 0.3) is 11.2 Å². The van der Waals surface area contributed by atoms with Crippen molar-refractivity contribution >= 4 is 11.2 Å². The van der Waals surface area contributed by atoms with Gasteiger partial charge in [0, 0.05) is 19.6 Å². The van der Waals surface area contributed by atoms with E-state index in [1.807, 2.05) is 0 Å². The van der Waals surface area contributed by atoms with Gasteiger partial charge in [-0.2, -0.15) is 0 Å². The maximum atomic E-state index is 12.0. The minimum absolute atomic E-state index is 0.121. The fraction of sp³-hybridized carbons (Fsp3) is 0.643. The number of rotatable bonds is 4. The van der Waals surface area contributed by atoms with E-state index in [2.05, 4.69) is 15.3 Å². The molecule has 3 N–H and O–H groups in total. The van der Waals surface area contributed by atoms with Gasteiger partial charge in [-0.3, -0.25) is 14.3 Å². The third kappa shape index (κ3) is 2.71. The number of hydrogen-bond donors (Lipinski definition) is 3. The van der Waals surface area contributed by atoms with Gasteiger partial charge in [0.05, 0.1) is 12.4 Å². The van der Waals surface area contributed by atoms with Crippen molar-refractivity contribution in [3.05, 3.63) is 27.2 Å². The van der Waals surface area contributed by atoms with Gasteiger partial charge >= 0.3 is 5.69 Å². The predicted octanol–water partition coefficient (Wildman–Crippen LogP) is -0.684. The third-order valence-corrected chi connectivity index (χ3v) is 4.34. The van der Waals surface area contributed by atoms with E-state index in [4.69, 9.17) is 0 Å². The van der Waals surface area contributed by atoms with Crippen molar-refractivity contribution in [2.75, 3.05) is 6.54 Å². The molecule has 120 valence electrons. The van der Waals surface area contributed by atoms with Gasteiger partial charge in [0.15, 0.2) is 5.52 Å². The van der Waals surface area contributed by atoms with E-state index in [-0.39, 0.29) is 23.2 Å². The second kappa shape index (κ2) is 6.05. The summed E-state index contributed by atoms with van der Waals surface area (Å²) in [7, 11) is 1.43. The van der Waals surface area contributed by atoms with E-state index < -0.39 is 5.69 Å². The van der Waals surface area contributed by atoms with Crippen molar-refractivity contribution in [3.8, 4) is 0 Å². The largest absolute Gasteiger partial charge is 0.392 e. The fourth-order valence-corrected chi connectivity index (χ4v) is 2.99. The quantitative estimate of drug-likeness (QED) is 0.694. The Morgan fingerprint density at radius 2 is 2.27 bits per heavy atom. The normalized spacial score (nSPS) is 22.3. The van der Waals surface area contributed by atoms with Crippen molar-refractivity contribution < 1.29 is 5.11 Å². The van der Waals surface area contributed by atoms with Crippen LogP contribution in [0.1, 0.15) is 25.7 Å². The molecule has 8 heteroatoms. The van der Waals surface area contributed by atoms with Crippen LogP contribution in [-0.2, 0) is 13.6 Å². The van der Waals surface area contributed by atoms with Gasteiger partial charge in [-0.05, 0) is 32.2 Å². The van der Waals surface area contributed by atoms with Crippen LogP contribution >= 0.6 is 0 Å². The second-order valence-corrected chi connectivity index (χ2v) is 5.84. The first-order valence-corrected chi connectivity index (χ1v) is 7.63. The number of piperidine rings is 1. The number of nitrogens with zero attached hydrogens (tertiary/aromatic N) is 3. The molecule has 2 aromatic rings. The standard InChI is InChI=1S/C14H21N5O3/c1-18-13(21)11-12(17-14(18)22)19(8-16-11)7-3-4-9-10(20)5-2-6-15-9/h8-10,15,20H,2-7H2,1H3,(H,17,22)/t9-,10+/m1/s1. The highest BCUT2D eigenvalue weighted by atomic mass is 16.3. The Labute approximate surface area is 126 Å². The lowest BCUT2D eigenvalue weighted by molar-refractivity contribution is 0.0909. The van der Waals surface area contributed by atoms with Crippen LogP contribution in [-0.4, -0.2) is 42.9 Å². The number of aryl methyl sites for hydroxylation is 1. The van der Waals surface area contributed by atoms with Gasteiger partial charge < -0.3 is 15.0 Å². The van der Waals surface area contributed by atoms with Gasteiger partial charge in [0.1, 0.15) is 5.65 Å². The summed E-state index contributed by atoms with van der Waals surface area (Å²) in [5.41, 5.74) is -0.0892. The van der Waals surface area contributed by atoms with Gasteiger partial charge in [-0.25, -0.2) is 9.78 Å². The topological polar surface area (TPSA) is 105 Å². The highest BCUT2D eigenvalue weighted by Crippen LogP contribution is 2.14. The fourth-order valence-electron chi connectivity index (χ4n) is 2.99. The van der Waals surface area contributed by atoms with Gasteiger partial charge in [-0.1, -0.05) is 0 Å². The van der Waals surface area contributed by atoms with Crippen LogP contribution in [0.3, 0.4) is 0 Å². The lowest BCUT2D eigenvalue weighted by Crippen LogP contribution is -2.44. The number of aromatic nitrogens is 4. The molecule has 22 heavy (non-hydrogen) atoms. The van der Waals surface area contributed by atoms with Crippen LogP contribution in [0, 0.1) is 0 Å². The van der Waals surface area contributed by atoms with Gasteiger partial charge in [0.25, 0.3) is 5.56 Å². The summed E-state index contributed by atoms with van der Waals surface area (Å²) in [4.78, 5) is 30.4. The van der Waals surface area contributed by atoms with Crippen LogP contribution in [0.4, 0.5) is 0 Å². The molecule has 2 aromatic heterocycles. The molecule has 0 radical (unpaired) electrons. The third-order valence-electron chi connectivity index (χ3n) is 4.34. The van der Waals surface area contributed by atoms with Crippen molar-refractivity contribution in [1.29, 1.82) is 0 Å². The van der Waals surface area contributed by atoms with E-state index >= 15 is 0 Å². The summed E-state index contributed by atoms with van der Waals surface area (Å²) in [5.74, 6) is 0. The summed E-state index contributed by atoms with van der Waals surface area (Å²) in [6.45, 7) is 1.59. The summed E-state index contributed by atoms with van der Waals surface area (Å²) in [6, 6.07) is 0.121. The maximum Gasteiger partial charge on any atom is 0.329 e. The Bertz CT molecular complexity index is 775. The summed E-state index contributed by atoms with van der Waals surface area (Å²) in [5, 5.41) is 13.3. The number of aromatic amines is 1. The lowest BCUT2D eigenvalue weighted by Gasteiger charge is -2.28. The number of aliphatic hydroxyl groups is 1. The van der Waals surface area contributed by atoms with Crippen molar-refractivity contribution in [1.82, 2.24) is 24.4 Å². The van der Waals surface area contributed by atoms with Crippen LogP contribution in [0.15, 0.2) is 15.9 Å². The number of nitrogens with one attached hydrogen (secondary N) is 2. The van der Waals surface area contributed by atoms with E-state index in [0.29, 0.717) is 12.2 Å². The monoisotopic (exact) mass is 307 g/mol. The van der Waals surface area contributed by atoms with Gasteiger partial charge in [-0.15, -0.1) is 0 Å². The Kier molecular flexibility index (Phi) is 4.12. The molecule has 0 saturated carbocycles. The highest BCUT2D eigenvalue weighted by molar-refractivity contribution is 5.68. The first-order valence-electron chi connectivity index (χ1n) is 7.63. The average molecular weight is 307 g/mol. The highest BCUT2D eigenvalue weighted by Gasteiger charge is 2.21. The average Bonchev–Trinajstić information content (AvgIpc) is 2.90. The Hall–Kier alpha value is -1.93. The molecular weight excluding hydrogens is 286 g/mol. The molecule has 0 aliphatic carbocycles. The van der Waals surface area contributed by atoms with Crippen molar-refractivity contribution in [2.45, 2.75) is 44.4 Å². The number of imidazole rings is 1. The first-order chi connectivity index (χ1) is 10.6. The molecule has 3 heterocycles. The molecule has 0 amide bonds. The number of hydrogen-bond acceptors (Lipinski definition) is 5. The molecule has 1 saturated heterocycles. The van der Waals surface area contributed by atoms with Crippen molar-refractivity contribution in [2.24, 2.45) is 7.05 Å². The summed E-state index contributed by atoms with van der Waals surface area (Å²) >= 11 is 0. The zero-order chi connectivity index (χ0) is 15.7. The number of aliphatic hydroxyl groups excluding tert-OH is 1. The summed E-state index contributed by atoms with van der Waals surface area (Å²) < 4.78 is 2.80. The first kappa shape index (κ1) is 15.0. The molecule has 1 aliphatic rings. The predicted molar refractivity (Wildman–Crippen MR) is 81.9 cm³/mol. The van der Waals surface area contributed by atoms with Crippen LogP contribution < -0.4 is 16.6 Å². The Balaban J connectivity index is 1.72. The molecule has 8 nitrogen and oxygen atoms in total. The molecule has 0 bridgehead atoms. The molecule has 0 unspecified atom stereocenters. The SMILES string of the molecule is Cn1c(=O)[nH]c2c(ncn2CCC[C@H]2NCCC[C@@H]2O)c1=O. The minimum Gasteiger partial charge on any atom is -0.392 e. The molecule has 0 spiro atoms. The molecular formula is C14H21N5O3. The van der Waals surface area contributed by atoms with E-state index in [1.165, 1.54) is 7.05 Å². The minimum atomic E-state index is -0.441. The van der Waals surface area contributed by atoms with Crippen LogP contribution in [0.2, 0.25) is 0 Å². The molecule has 0 aromatic carbocycles. The smallest absolute Gasteiger partial charge is 0.329 e. The maximum absolute atomic E-state index is 12.0. The molecule has 2 atom stereocenters.